The second kappa shape index (κ2) is 4.95. The number of hydrogen-bond donors (Lipinski definition) is 2. The number of nitrogen functional groups attached to an aromatic ring is 1. The normalized spacial score (nSPS) is 10.6. The third-order valence-corrected chi connectivity index (χ3v) is 2.68. The van der Waals surface area contributed by atoms with Crippen molar-refractivity contribution in [3.05, 3.63) is 24.5 Å². The Morgan fingerprint density at radius 2 is 2.28 bits per heavy atom. The van der Waals surface area contributed by atoms with E-state index in [1.807, 2.05) is 22.8 Å². The number of imidazole rings is 1. The van der Waals surface area contributed by atoms with Crippen LogP contribution in [0.3, 0.4) is 0 Å². The standard InChI is InChI=1S/C12H17N5O/c1-16(2)12(18)14-5-6-17-8-15-10-7-9(13)3-4-11(10)17/h3-4,7-8H,5-6,13H2,1-2H3,(H,14,18). The Hall–Kier alpha value is -2.24. The first-order valence-electron chi connectivity index (χ1n) is 5.73. The van der Waals surface area contributed by atoms with E-state index in [-0.39, 0.29) is 6.03 Å². The molecular formula is C12H17N5O. The highest BCUT2D eigenvalue weighted by Gasteiger charge is 2.04. The number of urea groups is 1. The summed E-state index contributed by atoms with van der Waals surface area (Å²) >= 11 is 0. The molecule has 0 unspecified atom stereocenters. The van der Waals surface area contributed by atoms with E-state index >= 15 is 0 Å². The average molecular weight is 247 g/mol. The van der Waals surface area contributed by atoms with Gasteiger partial charge in [0.2, 0.25) is 0 Å². The number of carbonyl (C=O) groups excluding carboxylic acids is 1. The highest BCUT2D eigenvalue weighted by Crippen LogP contribution is 2.15. The molecule has 6 heteroatoms. The Labute approximate surface area is 105 Å². The minimum atomic E-state index is -0.0938. The first kappa shape index (κ1) is 12.2. The largest absolute Gasteiger partial charge is 0.399 e. The molecule has 0 aliphatic heterocycles. The van der Waals surface area contributed by atoms with Crippen LogP contribution in [0.2, 0.25) is 0 Å². The van der Waals surface area contributed by atoms with E-state index in [0.29, 0.717) is 18.8 Å². The smallest absolute Gasteiger partial charge is 0.316 e. The molecule has 0 saturated carbocycles. The van der Waals surface area contributed by atoms with Crippen molar-refractivity contribution in [2.24, 2.45) is 0 Å². The van der Waals surface area contributed by atoms with Gasteiger partial charge in [0.15, 0.2) is 0 Å². The van der Waals surface area contributed by atoms with E-state index < -0.39 is 0 Å². The summed E-state index contributed by atoms with van der Waals surface area (Å²) in [5, 5.41) is 2.81. The average Bonchev–Trinajstić information content (AvgIpc) is 2.71. The van der Waals surface area contributed by atoms with Crippen LogP contribution in [0.5, 0.6) is 0 Å². The highest BCUT2D eigenvalue weighted by atomic mass is 16.2. The van der Waals surface area contributed by atoms with Gasteiger partial charge in [-0.3, -0.25) is 0 Å². The lowest BCUT2D eigenvalue weighted by molar-refractivity contribution is 0.217. The number of nitrogens with one attached hydrogen (secondary N) is 1. The molecule has 1 aromatic carbocycles. The van der Waals surface area contributed by atoms with E-state index in [1.54, 1.807) is 20.4 Å². The Bertz CT molecular complexity index is 561. The Balaban J connectivity index is 2.02. The van der Waals surface area contributed by atoms with Gasteiger partial charge in [0.05, 0.1) is 17.4 Å². The molecule has 1 aromatic heterocycles. The molecule has 1 heterocycles. The molecule has 0 fully saturated rings. The number of hydrogen-bond acceptors (Lipinski definition) is 3. The predicted molar refractivity (Wildman–Crippen MR) is 71.2 cm³/mol. The van der Waals surface area contributed by atoms with Crippen LogP contribution in [0.25, 0.3) is 11.0 Å². The van der Waals surface area contributed by atoms with Gasteiger partial charge in [-0.1, -0.05) is 0 Å². The first-order valence-corrected chi connectivity index (χ1v) is 5.73. The zero-order valence-electron chi connectivity index (χ0n) is 10.6. The van der Waals surface area contributed by atoms with Crippen LogP contribution in [0.15, 0.2) is 24.5 Å². The SMILES string of the molecule is CN(C)C(=O)NCCn1cnc2cc(N)ccc21. The van der Waals surface area contributed by atoms with E-state index in [2.05, 4.69) is 10.3 Å². The van der Waals surface area contributed by atoms with Crippen LogP contribution in [-0.2, 0) is 6.54 Å². The molecule has 96 valence electrons. The molecule has 0 aliphatic rings. The van der Waals surface area contributed by atoms with E-state index in [9.17, 15) is 4.79 Å². The number of amides is 2. The summed E-state index contributed by atoms with van der Waals surface area (Å²) < 4.78 is 1.99. The summed E-state index contributed by atoms with van der Waals surface area (Å²) in [4.78, 5) is 17.1. The molecule has 2 rings (SSSR count). The minimum absolute atomic E-state index is 0.0938. The van der Waals surface area contributed by atoms with Crippen molar-refractivity contribution in [3.63, 3.8) is 0 Å². The van der Waals surface area contributed by atoms with Crippen LogP contribution in [0.4, 0.5) is 10.5 Å². The number of rotatable bonds is 3. The minimum Gasteiger partial charge on any atom is -0.399 e. The molecule has 0 bridgehead atoms. The molecule has 2 aromatic rings. The summed E-state index contributed by atoms with van der Waals surface area (Å²) in [6.07, 6.45) is 1.76. The van der Waals surface area contributed by atoms with Crippen molar-refractivity contribution >= 4 is 22.8 Å². The highest BCUT2D eigenvalue weighted by molar-refractivity contribution is 5.79. The molecule has 0 radical (unpaired) electrons. The van der Waals surface area contributed by atoms with Gasteiger partial charge < -0.3 is 20.5 Å². The number of fused-ring (bicyclic) bond motifs is 1. The fourth-order valence-electron chi connectivity index (χ4n) is 1.70. The Kier molecular flexibility index (Phi) is 3.36. The van der Waals surface area contributed by atoms with Crippen molar-refractivity contribution in [1.82, 2.24) is 19.8 Å². The summed E-state index contributed by atoms with van der Waals surface area (Å²) in [7, 11) is 3.43. The van der Waals surface area contributed by atoms with Crippen molar-refractivity contribution in [2.75, 3.05) is 26.4 Å². The fourth-order valence-corrected chi connectivity index (χ4v) is 1.70. The van der Waals surface area contributed by atoms with Crippen molar-refractivity contribution in [2.45, 2.75) is 6.54 Å². The predicted octanol–water partition coefficient (Wildman–Crippen LogP) is 0.890. The molecule has 0 saturated heterocycles. The van der Waals surface area contributed by atoms with Gasteiger partial charge >= 0.3 is 6.03 Å². The monoisotopic (exact) mass is 247 g/mol. The van der Waals surface area contributed by atoms with Crippen LogP contribution in [0, 0.1) is 0 Å². The number of nitrogens with two attached hydrogens (primary N) is 1. The zero-order valence-corrected chi connectivity index (χ0v) is 10.6. The molecule has 2 amide bonds. The first-order chi connectivity index (χ1) is 8.58. The lowest BCUT2D eigenvalue weighted by Crippen LogP contribution is -2.36. The zero-order chi connectivity index (χ0) is 13.1. The van der Waals surface area contributed by atoms with Crippen molar-refractivity contribution in [3.8, 4) is 0 Å². The summed E-state index contributed by atoms with van der Waals surface area (Å²) in [5.41, 5.74) is 8.28. The molecule has 18 heavy (non-hydrogen) atoms. The maximum atomic E-state index is 11.4. The number of aromatic nitrogens is 2. The molecule has 6 nitrogen and oxygen atoms in total. The number of anilines is 1. The quantitative estimate of drug-likeness (QED) is 0.791. The number of carbonyl (C=O) groups is 1. The number of benzene rings is 1. The van der Waals surface area contributed by atoms with Gasteiger partial charge in [-0.15, -0.1) is 0 Å². The lowest BCUT2D eigenvalue weighted by Gasteiger charge is -2.12. The summed E-state index contributed by atoms with van der Waals surface area (Å²) in [6, 6.07) is 5.53. The van der Waals surface area contributed by atoms with E-state index in [4.69, 9.17) is 5.73 Å². The van der Waals surface area contributed by atoms with Crippen LogP contribution < -0.4 is 11.1 Å². The second-order valence-corrected chi connectivity index (χ2v) is 4.31. The molecule has 0 atom stereocenters. The van der Waals surface area contributed by atoms with E-state index in [1.165, 1.54) is 4.90 Å². The molecule has 0 spiro atoms. The van der Waals surface area contributed by atoms with Crippen LogP contribution >= 0.6 is 0 Å². The summed E-state index contributed by atoms with van der Waals surface area (Å²) in [6.45, 7) is 1.24. The van der Waals surface area contributed by atoms with Gasteiger partial charge in [0.25, 0.3) is 0 Å². The molecule has 3 N–H and O–H groups in total. The van der Waals surface area contributed by atoms with E-state index in [0.717, 1.165) is 11.0 Å². The summed E-state index contributed by atoms with van der Waals surface area (Å²) in [5.74, 6) is 0. The molecule has 0 aliphatic carbocycles. The van der Waals surface area contributed by atoms with Gasteiger partial charge in [0, 0.05) is 32.9 Å². The lowest BCUT2D eigenvalue weighted by atomic mass is 10.3. The Morgan fingerprint density at radius 3 is 3.00 bits per heavy atom. The maximum Gasteiger partial charge on any atom is 0.316 e. The van der Waals surface area contributed by atoms with Gasteiger partial charge in [-0.25, -0.2) is 9.78 Å². The van der Waals surface area contributed by atoms with Crippen LogP contribution in [0.1, 0.15) is 0 Å². The van der Waals surface area contributed by atoms with Gasteiger partial charge in [-0.2, -0.15) is 0 Å². The second-order valence-electron chi connectivity index (χ2n) is 4.31. The van der Waals surface area contributed by atoms with Crippen molar-refractivity contribution in [1.29, 1.82) is 0 Å². The van der Waals surface area contributed by atoms with Crippen molar-refractivity contribution < 1.29 is 4.79 Å². The fraction of sp³-hybridized carbons (Fsp3) is 0.333. The third-order valence-electron chi connectivity index (χ3n) is 2.68. The number of nitrogens with zero attached hydrogens (tertiary/aromatic N) is 3. The Morgan fingerprint density at radius 1 is 1.50 bits per heavy atom. The third kappa shape index (κ3) is 2.53. The van der Waals surface area contributed by atoms with Gasteiger partial charge in [-0.05, 0) is 18.2 Å². The topological polar surface area (TPSA) is 76.2 Å². The maximum absolute atomic E-state index is 11.4. The molecular weight excluding hydrogens is 230 g/mol. The van der Waals surface area contributed by atoms with Gasteiger partial charge in [0.1, 0.15) is 0 Å². The van der Waals surface area contributed by atoms with Crippen LogP contribution in [-0.4, -0.2) is 41.1 Å².